The largest absolute Gasteiger partial charge is 0.497 e. The van der Waals surface area contributed by atoms with E-state index in [4.69, 9.17) is 18.9 Å². The van der Waals surface area contributed by atoms with Crippen LogP contribution in [0.2, 0.25) is 0 Å². The van der Waals surface area contributed by atoms with Crippen molar-refractivity contribution >= 4 is 6.09 Å². The summed E-state index contributed by atoms with van der Waals surface area (Å²) in [4.78, 5) is 13.8. The van der Waals surface area contributed by atoms with Gasteiger partial charge in [0.25, 0.3) is 0 Å². The number of aliphatic hydroxyl groups is 1. The van der Waals surface area contributed by atoms with Gasteiger partial charge in [-0.05, 0) is 29.8 Å². The van der Waals surface area contributed by atoms with Crippen molar-refractivity contribution in [3.8, 4) is 11.5 Å². The van der Waals surface area contributed by atoms with Crippen molar-refractivity contribution in [2.75, 3.05) is 34.5 Å². The average Bonchev–Trinajstić information content (AvgIpc) is 2.97. The first-order chi connectivity index (χ1) is 13.0. The molecule has 0 aromatic heterocycles. The van der Waals surface area contributed by atoms with Gasteiger partial charge in [-0.2, -0.15) is 0 Å². The van der Waals surface area contributed by atoms with E-state index in [-0.39, 0.29) is 13.2 Å². The molecule has 1 saturated heterocycles. The molecule has 2 atom stereocenters. The smallest absolute Gasteiger partial charge is 0.413 e. The quantitative estimate of drug-likeness (QED) is 0.804. The summed E-state index contributed by atoms with van der Waals surface area (Å²) in [5.41, 5.74) is -0.510. The molecular formula is C20H23NO6. The van der Waals surface area contributed by atoms with Crippen molar-refractivity contribution in [1.82, 2.24) is 4.90 Å². The second-order valence-corrected chi connectivity index (χ2v) is 6.14. The molecule has 0 bridgehead atoms. The van der Waals surface area contributed by atoms with Gasteiger partial charge >= 0.3 is 6.09 Å². The molecule has 1 amide bonds. The van der Waals surface area contributed by atoms with Gasteiger partial charge in [0, 0.05) is 12.7 Å². The van der Waals surface area contributed by atoms with Gasteiger partial charge in [-0.1, -0.05) is 24.3 Å². The highest BCUT2D eigenvalue weighted by Gasteiger charge is 2.55. The number of hydrogen-bond donors (Lipinski definition) is 1. The van der Waals surface area contributed by atoms with E-state index >= 15 is 0 Å². The molecule has 2 aromatic rings. The van der Waals surface area contributed by atoms with Crippen LogP contribution in [0.3, 0.4) is 0 Å². The molecule has 7 nitrogen and oxygen atoms in total. The summed E-state index contributed by atoms with van der Waals surface area (Å²) in [5.74, 6) is 1.32. The average molecular weight is 373 g/mol. The molecule has 7 heteroatoms. The van der Waals surface area contributed by atoms with Crippen LogP contribution in [0.5, 0.6) is 11.5 Å². The summed E-state index contributed by atoms with van der Waals surface area (Å²) in [7, 11) is 4.68. The van der Waals surface area contributed by atoms with Crippen LogP contribution in [-0.4, -0.2) is 50.6 Å². The van der Waals surface area contributed by atoms with Crippen molar-refractivity contribution < 1.29 is 28.8 Å². The Balaban J connectivity index is 2.05. The molecular weight excluding hydrogens is 350 g/mol. The summed E-state index contributed by atoms with van der Waals surface area (Å²) < 4.78 is 21.0. The van der Waals surface area contributed by atoms with Gasteiger partial charge in [-0.25, -0.2) is 4.79 Å². The topological polar surface area (TPSA) is 77.5 Å². The lowest BCUT2D eigenvalue weighted by Gasteiger charge is -2.34. The fourth-order valence-electron chi connectivity index (χ4n) is 3.19. The van der Waals surface area contributed by atoms with Crippen LogP contribution in [0.25, 0.3) is 0 Å². The Morgan fingerprint density at radius 3 is 2.07 bits per heavy atom. The Bertz CT molecular complexity index is 776. The predicted octanol–water partition coefficient (Wildman–Crippen LogP) is 2.69. The Morgan fingerprint density at radius 2 is 1.56 bits per heavy atom. The standard InChI is InChI=1S/C20H23NO6/c1-24-13-12-21-19(22)27-18(14-4-8-16(25-2)9-5-14)20(21,23)15-6-10-17(26-3)11-7-15/h4-11,18,23H,12-13H2,1-3H3/t18-,20-/m1/s1. The maximum atomic E-state index is 12.5. The first-order valence-corrected chi connectivity index (χ1v) is 8.52. The zero-order chi connectivity index (χ0) is 19.4. The van der Waals surface area contributed by atoms with Crippen molar-refractivity contribution in [1.29, 1.82) is 0 Å². The Hall–Kier alpha value is -2.77. The van der Waals surface area contributed by atoms with Gasteiger partial charge in [0.1, 0.15) is 11.5 Å². The molecule has 2 aromatic carbocycles. The van der Waals surface area contributed by atoms with Gasteiger partial charge in [0.15, 0.2) is 6.10 Å². The van der Waals surface area contributed by atoms with Crippen LogP contribution >= 0.6 is 0 Å². The summed E-state index contributed by atoms with van der Waals surface area (Å²) in [6.45, 7) is 0.452. The van der Waals surface area contributed by atoms with Crippen LogP contribution < -0.4 is 9.47 Å². The predicted molar refractivity (Wildman–Crippen MR) is 97.7 cm³/mol. The van der Waals surface area contributed by atoms with E-state index in [9.17, 15) is 9.90 Å². The van der Waals surface area contributed by atoms with Gasteiger partial charge in [-0.3, -0.25) is 4.90 Å². The van der Waals surface area contributed by atoms with Gasteiger partial charge in [0.2, 0.25) is 5.72 Å². The fourth-order valence-corrected chi connectivity index (χ4v) is 3.19. The summed E-state index contributed by atoms with van der Waals surface area (Å²) >= 11 is 0. The maximum Gasteiger partial charge on any atom is 0.413 e. The van der Waals surface area contributed by atoms with E-state index in [1.54, 1.807) is 62.8 Å². The monoisotopic (exact) mass is 373 g/mol. The number of nitrogens with zero attached hydrogens (tertiary/aromatic N) is 1. The Labute approximate surface area is 158 Å². The number of ether oxygens (including phenoxy) is 4. The molecule has 1 aliphatic heterocycles. The number of benzene rings is 2. The minimum Gasteiger partial charge on any atom is -0.497 e. The number of methoxy groups -OCH3 is 3. The third kappa shape index (κ3) is 3.43. The minimum absolute atomic E-state index is 0.185. The maximum absolute atomic E-state index is 12.5. The van der Waals surface area contributed by atoms with E-state index in [0.29, 0.717) is 22.6 Å². The molecule has 144 valence electrons. The molecule has 1 heterocycles. The van der Waals surface area contributed by atoms with E-state index < -0.39 is 17.9 Å². The van der Waals surface area contributed by atoms with Crippen LogP contribution in [0, 0.1) is 0 Å². The minimum atomic E-state index is -1.68. The highest BCUT2D eigenvalue weighted by molar-refractivity contribution is 5.72. The van der Waals surface area contributed by atoms with Crippen LogP contribution in [-0.2, 0) is 15.2 Å². The molecule has 1 fully saturated rings. The summed E-state index contributed by atoms with van der Waals surface area (Å²) in [6.07, 6.45) is -1.51. The van der Waals surface area contributed by atoms with Crippen LogP contribution in [0.15, 0.2) is 48.5 Å². The molecule has 0 saturated carbocycles. The molecule has 1 aliphatic rings. The second kappa shape index (κ2) is 7.85. The normalized spacial score (nSPS) is 21.9. The number of carbonyl (C=O) groups is 1. The third-order valence-corrected chi connectivity index (χ3v) is 4.67. The van der Waals surface area contributed by atoms with E-state index in [1.165, 1.54) is 12.0 Å². The lowest BCUT2D eigenvalue weighted by atomic mass is 9.91. The van der Waals surface area contributed by atoms with E-state index in [1.807, 2.05) is 0 Å². The number of carbonyl (C=O) groups excluding carboxylic acids is 1. The van der Waals surface area contributed by atoms with E-state index in [2.05, 4.69) is 0 Å². The number of rotatable bonds is 7. The highest BCUT2D eigenvalue weighted by Crippen LogP contribution is 2.46. The van der Waals surface area contributed by atoms with Gasteiger partial charge in [0.05, 0.1) is 27.4 Å². The van der Waals surface area contributed by atoms with Crippen LogP contribution in [0.4, 0.5) is 4.79 Å². The number of amides is 1. The molecule has 1 N–H and O–H groups in total. The van der Waals surface area contributed by atoms with Crippen molar-refractivity contribution in [2.45, 2.75) is 11.8 Å². The number of cyclic esters (lactones) is 1. The Kier molecular flexibility index (Phi) is 5.53. The lowest BCUT2D eigenvalue weighted by Crippen LogP contribution is -2.47. The van der Waals surface area contributed by atoms with Crippen LogP contribution in [0.1, 0.15) is 17.2 Å². The molecule has 0 radical (unpaired) electrons. The SMILES string of the molecule is COCCN1C(=O)O[C@H](c2ccc(OC)cc2)[C@]1(O)c1ccc(OC)cc1. The first-order valence-electron chi connectivity index (χ1n) is 8.52. The lowest BCUT2D eigenvalue weighted by molar-refractivity contribution is -0.113. The van der Waals surface area contributed by atoms with Crippen molar-refractivity contribution in [3.63, 3.8) is 0 Å². The number of hydrogen-bond acceptors (Lipinski definition) is 6. The zero-order valence-corrected chi connectivity index (χ0v) is 15.5. The first kappa shape index (κ1) is 19.0. The zero-order valence-electron chi connectivity index (χ0n) is 15.5. The summed E-state index contributed by atoms with van der Waals surface area (Å²) in [6, 6.07) is 14.0. The molecule has 27 heavy (non-hydrogen) atoms. The second-order valence-electron chi connectivity index (χ2n) is 6.14. The molecule has 0 aliphatic carbocycles. The fraction of sp³-hybridized carbons (Fsp3) is 0.350. The molecule has 0 unspecified atom stereocenters. The highest BCUT2D eigenvalue weighted by atomic mass is 16.6. The summed E-state index contributed by atoms with van der Waals surface area (Å²) in [5, 5.41) is 11.7. The Morgan fingerprint density at radius 1 is 1.00 bits per heavy atom. The van der Waals surface area contributed by atoms with Gasteiger partial charge < -0.3 is 24.1 Å². The third-order valence-electron chi connectivity index (χ3n) is 4.67. The van der Waals surface area contributed by atoms with E-state index in [0.717, 1.165) is 0 Å². The molecule has 0 spiro atoms. The molecule has 3 rings (SSSR count). The van der Waals surface area contributed by atoms with Crippen molar-refractivity contribution in [3.05, 3.63) is 59.7 Å². The van der Waals surface area contributed by atoms with Crippen molar-refractivity contribution in [2.24, 2.45) is 0 Å². The van der Waals surface area contributed by atoms with Gasteiger partial charge in [-0.15, -0.1) is 0 Å².